The Kier molecular flexibility index (Phi) is 7.12. The molecule has 2 aromatic carbocycles. The molecule has 0 amide bonds. The fourth-order valence-corrected chi connectivity index (χ4v) is 4.86. The molecule has 2 N–H and O–H groups in total. The number of para-hydroxylation sites is 1. The Labute approximate surface area is 167 Å². The molecule has 0 heterocycles. The molecule has 1 aliphatic carbocycles. The average Bonchev–Trinajstić information content (AvgIpc) is 3.23. The maximum atomic E-state index is 12.4. The lowest BCUT2D eigenvalue weighted by Crippen LogP contribution is -2.25. The fourth-order valence-electron chi connectivity index (χ4n) is 3.28. The molecule has 5 nitrogen and oxygen atoms in total. The summed E-state index contributed by atoms with van der Waals surface area (Å²) in [5, 5.41) is 9.82. The van der Waals surface area contributed by atoms with Crippen LogP contribution >= 0.6 is 0 Å². The van der Waals surface area contributed by atoms with Gasteiger partial charge in [-0.2, -0.15) is 0 Å². The van der Waals surface area contributed by atoms with Gasteiger partial charge in [-0.25, -0.2) is 8.42 Å². The summed E-state index contributed by atoms with van der Waals surface area (Å²) in [4.78, 5) is 0. The van der Waals surface area contributed by atoms with Crippen LogP contribution in [0.2, 0.25) is 0 Å². The molecule has 0 unspecified atom stereocenters. The minimum absolute atomic E-state index is 0.293. The third-order valence-electron chi connectivity index (χ3n) is 4.82. The van der Waals surface area contributed by atoms with Crippen LogP contribution in [0, 0.1) is 0 Å². The zero-order valence-electron chi connectivity index (χ0n) is 15.8. The Morgan fingerprint density at radius 3 is 2.61 bits per heavy atom. The molecule has 1 aliphatic rings. The van der Waals surface area contributed by atoms with E-state index in [4.69, 9.17) is 4.74 Å². The molecule has 3 rings (SSSR count). The molecule has 1 atom stereocenters. The third kappa shape index (κ3) is 6.11. The first-order valence-corrected chi connectivity index (χ1v) is 11.2. The zero-order chi connectivity index (χ0) is 19.8. The molecular weight excluding hydrogens is 374 g/mol. The Morgan fingerprint density at radius 1 is 1.11 bits per heavy atom. The number of aliphatic hydroxyl groups is 1. The van der Waals surface area contributed by atoms with Crippen LogP contribution in [0.25, 0.3) is 6.08 Å². The molecule has 0 aromatic heterocycles. The number of hydrogen-bond donors (Lipinski definition) is 2. The van der Waals surface area contributed by atoms with Crippen LogP contribution in [0.3, 0.4) is 0 Å². The van der Waals surface area contributed by atoms with Gasteiger partial charge in [-0.1, -0.05) is 55.3 Å². The van der Waals surface area contributed by atoms with Gasteiger partial charge in [0.15, 0.2) is 0 Å². The maximum Gasteiger partial charge on any atom is 0.235 e. The highest BCUT2D eigenvalue weighted by Gasteiger charge is 2.28. The highest BCUT2D eigenvalue weighted by Crippen LogP contribution is 2.26. The number of benzene rings is 2. The lowest BCUT2D eigenvalue weighted by Gasteiger charge is -2.13. The normalized spacial score (nSPS) is 16.3. The molecular formula is C22H27NO4S. The molecule has 0 radical (unpaired) electrons. The van der Waals surface area contributed by atoms with Crippen molar-refractivity contribution in [3.05, 3.63) is 66.2 Å². The number of hydrogen-bond acceptors (Lipinski definition) is 4. The molecule has 1 fully saturated rings. The number of anilines is 1. The Hall–Kier alpha value is -2.31. The summed E-state index contributed by atoms with van der Waals surface area (Å²) in [5.41, 5.74) is 1.38. The van der Waals surface area contributed by atoms with E-state index >= 15 is 0 Å². The summed E-state index contributed by atoms with van der Waals surface area (Å²) in [7, 11) is -3.34. The predicted molar refractivity (Wildman–Crippen MR) is 113 cm³/mol. The second kappa shape index (κ2) is 9.75. The topological polar surface area (TPSA) is 75.6 Å². The number of rotatable bonds is 9. The second-order valence-corrected chi connectivity index (χ2v) is 9.02. The molecule has 28 heavy (non-hydrogen) atoms. The van der Waals surface area contributed by atoms with Crippen molar-refractivity contribution < 1.29 is 18.3 Å². The van der Waals surface area contributed by atoms with Gasteiger partial charge in [0.2, 0.25) is 10.0 Å². The van der Waals surface area contributed by atoms with Crippen molar-refractivity contribution in [2.75, 3.05) is 11.3 Å². The van der Waals surface area contributed by atoms with Crippen LogP contribution in [0.1, 0.15) is 37.7 Å². The van der Waals surface area contributed by atoms with Crippen LogP contribution in [0.5, 0.6) is 5.75 Å². The SMILES string of the molecule is O=S(=O)(Nc1cccc(/C=C/[C@H](O)CCOc2ccccc2)c1)C1CCCC1. The van der Waals surface area contributed by atoms with Crippen molar-refractivity contribution in [3.63, 3.8) is 0 Å². The van der Waals surface area contributed by atoms with Gasteiger partial charge in [-0.3, -0.25) is 4.72 Å². The van der Waals surface area contributed by atoms with Crippen molar-refractivity contribution in [2.24, 2.45) is 0 Å². The van der Waals surface area contributed by atoms with E-state index in [0.717, 1.165) is 37.0 Å². The summed E-state index contributed by atoms with van der Waals surface area (Å²) < 4.78 is 33.1. The van der Waals surface area contributed by atoms with E-state index in [1.807, 2.05) is 36.4 Å². The van der Waals surface area contributed by atoms with Crippen molar-refractivity contribution in [2.45, 2.75) is 43.5 Å². The van der Waals surface area contributed by atoms with E-state index < -0.39 is 16.1 Å². The third-order valence-corrected chi connectivity index (χ3v) is 6.69. The quantitative estimate of drug-likeness (QED) is 0.660. The fraction of sp³-hybridized carbons (Fsp3) is 0.364. The van der Waals surface area contributed by atoms with E-state index in [9.17, 15) is 13.5 Å². The molecule has 0 aliphatic heterocycles. The summed E-state index contributed by atoms with van der Waals surface area (Å²) in [5.74, 6) is 0.779. The summed E-state index contributed by atoms with van der Waals surface area (Å²) in [6, 6.07) is 16.7. The van der Waals surface area contributed by atoms with Crippen molar-refractivity contribution in [1.29, 1.82) is 0 Å². The standard InChI is InChI=1S/C22H27NO4S/c24-20(15-16-27-21-9-2-1-3-10-21)14-13-18-7-6-8-19(17-18)23-28(25,26)22-11-4-5-12-22/h1-3,6-10,13-14,17,20,22-24H,4-5,11-12,15-16H2/b14-13+/t20-/m0/s1. The van der Waals surface area contributed by atoms with Gasteiger partial charge in [0, 0.05) is 12.1 Å². The molecule has 6 heteroatoms. The van der Waals surface area contributed by atoms with E-state index in [1.165, 1.54) is 0 Å². The van der Waals surface area contributed by atoms with Gasteiger partial charge in [-0.15, -0.1) is 0 Å². The first-order chi connectivity index (χ1) is 13.5. The molecule has 1 saturated carbocycles. The highest BCUT2D eigenvalue weighted by atomic mass is 32.2. The van der Waals surface area contributed by atoms with E-state index in [1.54, 1.807) is 30.4 Å². The Balaban J connectivity index is 1.51. The van der Waals surface area contributed by atoms with Crippen LogP contribution in [-0.4, -0.2) is 31.5 Å². The van der Waals surface area contributed by atoms with E-state index in [-0.39, 0.29) is 5.25 Å². The first kappa shape index (κ1) is 20.4. The zero-order valence-corrected chi connectivity index (χ0v) is 16.6. The van der Waals surface area contributed by atoms with E-state index in [0.29, 0.717) is 18.7 Å². The highest BCUT2D eigenvalue weighted by molar-refractivity contribution is 7.93. The summed E-state index contributed by atoms with van der Waals surface area (Å²) in [6.45, 7) is 0.413. The number of aliphatic hydroxyl groups excluding tert-OH is 1. The number of ether oxygens (including phenoxy) is 1. The molecule has 0 bridgehead atoms. The first-order valence-electron chi connectivity index (χ1n) is 9.69. The Morgan fingerprint density at radius 2 is 1.86 bits per heavy atom. The van der Waals surface area contributed by atoms with Gasteiger partial charge in [0.05, 0.1) is 18.0 Å². The smallest absolute Gasteiger partial charge is 0.235 e. The predicted octanol–water partition coefficient (Wildman–Crippen LogP) is 4.21. The maximum absolute atomic E-state index is 12.4. The van der Waals surface area contributed by atoms with Crippen LogP contribution in [0.4, 0.5) is 5.69 Å². The van der Waals surface area contributed by atoms with Gasteiger partial charge in [0.25, 0.3) is 0 Å². The van der Waals surface area contributed by atoms with Gasteiger partial charge in [-0.05, 0) is 42.7 Å². The molecule has 0 spiro atoms. The van der Waals surface area contributed by atoms with Crippen molar-refractivity contribution >= 4 is 21.8 Å². The minimum Gasteiger partial charge on any atom is -0.493 e. The lowest BCUT2D eigenvalue weighted by molar-refractivity contribution is 0.179. The lowest BCUT2D eigenvalue weighted by atomic mass is 10.1. The van der Waals surface area contributed by atoms with E-state index in [2.05, 4.69) is 4.72 Å². The number of sulfonamides is 1. The average molecular weight is 402 g/mol. The van der Waals surface area contributed by atoms with Gasteiger partial charge < -0.3 is 9.84 Å². The molecule has 0 saturated heterocycles. The van der Waals surface area contributed by atoms with Gasteiger partial charge >= 0.3 is 0 Å². The monoisotopic (exact) mass is 401 g/mol. The Bertz CT molecular complexity index is 874. The van der Waals surface area contributed by atoms with Crippen molar-refractivity contribution in [3.8, 4) is 5.75 Å². The van der Waals surface area contributed by atoms with Crippen LogP contribution in [-0.2, 0) is 10.0 Å². The molecule has 150 valence electrons. The minimum atomic E-state index is -3.34. The van der Waals surface area contributed by atoms with Crippen molar-refractivity contribution in [1.82, 2.24) is 0 Å². The number of nitrogens with one attached hydrogen (secondary N) is 1. The largest absolute Gasteiger partial charge is 0.493 e. The molecule has 2 aromatic rings. The van der Waals surface area contributed by atoms with Gasteiger partial charge in [0.1, 0.15) is 5.75 Å². The van der Waals surface area contributed by atoms with Crippen LogP contribution < -0.4 is 9.46 Å². The summed E-state index contributed by atoms with van der Waals surface area (Å²) >= 11 is 0. The van der Waals surface area contributed by atoms with Crippen LogP contribution in [0.15, 0.2) is 60.7 Å². The summed E-state index contributed by atoms with van der Waals surface area (Å²) in [6.07, 6.45) is 6.72. The second-order valence-electron chi connectivity index (χ2n) is 7.06.